The Morgan fingerprint density at radius 1 is 1.32 bits per heavy atom. The van der Waals surface area contributed by atoms with Crippen molar-refractivity contribution in [1.82, 2.24) is 10.6 Å². The molecule has 4 nitrogen and oxygen atoms in total. The quantitative estimate of drug-likeness (QED) is 0.793. The average Bonchev–Trinajstić information content (AvgIpc) is 2.58. The standard InChI is InChI=1S/C17H23F3N2O2.ClH/c1-24-14-4-3-13(15(10-14)17(18,19)20)11-22-16(23)5-2-12-6-8-21-9-7-12;/h3-4,10,12,21H,2,5-9,11H2,1H3,(H,22,23);1H. The summed E-state index contributed by atoms with van der Waals surface area (Å²) in [6.45, 7) is 1.80. The molecule has 1 heterocycles. The smallest absolute Gasteiger partial charge is 0.416 e. The minimum Gasteiger partial charge on any atom is -0.497 e. The van der Waals surface area contributed by atoms with Gasteiger partial charge in [-0.15, -0.1) is 12.4 Å². The van der Waals surface area contributed by atoms with E-state index in [0.717, 1.165) is 38.4 Å². The van der Waals surface area contributed by atoms with E-state index in [1.165, 1.54) is 19.2 Å². The molecule has 2 rings (SSSR count). The van der Waals surface area contributed by atoms with Gasteiger partial charge in [-0.3, -0.25) is 4.79 Å². The summed E-state index contributed by atoms with van der Waals surface area (Å²) in [5.74, 6) is 0.449. The lowest BCUT2D eigenvalue weighted by molar-refractivity contribution is -0.138. The molecule has 8 heteroatoms. The van der Waals surface area contributed by atoms with E-state index in [9.17, 15) is 18.0 Å². The van der Waals surface area contributed by atoms with Crippen LogP contribution in [0.15, 0.2) is 18.2 Å². The first-order chi connectivity index (χ1) is 11.4. The Balaban J connectivity index is 0.00000312. The van der Waals surface area contributed by atoms with Gasteiger partial charge in [0.05, 0.1) is 12.7 Å². The number of nitrogens with one attached hydrogen (secondary N) is 2. The summed E-state index contributed by atoms with van der Waals surface area (Å²) in [7, 11) is 1.32. The number of rotatable bonds is 6. The zero-order valence-corrected chi connectivity index (χ0v) is 14.9. The molecular weight excluding hydrogens is 357 g/mol. The molecule has 0 atom stereocenters. The molecule has 0 aromatic heterocycles. The maximum Gasteiger partial charge on any atom is 0.416 e. The number of hydrogen-bond donors (Lipinski definition) is 2. The molecule has 25 heavy (non-hydrogen) atoms. The van der Waals surface area contributed by atoms with Crippen molar-refractivity contribution in [1.29, 1.82) is 0 Å². The highest BCUT2D eigenvalue weighted by molar-refractivity contribution is 5.85. The van der Waals surface area contributed by atoms with Crippen LogP contribution < -0.4 is 15.4 Å². The first kappa shape index (κ1) is 21.6. The minimum absolute atomic E-state index is 0. The number of carbonyl (C=O) groups is 1. The van der Waals surface area contributed by atoms with E-state index >= 15 is 0 Å². The van der Waals surface area contributed by atoms with Crippen molar-refractivity contribution in [3.8, 4) is 5.75 Å². The molecule has 1 fully saturated rings. The van der Waals surface area contributed by atoms with Crippen LogP contribution in [-0.4, -0.2) is 26.1 Å². The number of halogens is 4. The highest BCUT2D eigenvalue weighted by atomic mass is 35.5. The lowest BCUT2D eigenvalue weighted by atomic mass is 9.93. The fraction of sp³-hybridized carbons (Fsp3) is 0.588. The van der Waals surface area contributed by atoms with Crippen molar-refractivity contribution in [2.45, 2.75) is 38.4 Å². The van der Waals surface area contributed by atoms with Gasteiger partial charge in [-0.1, -0.05) is 6.07 Å². The van der Waals surface area contributed by atoms with Crippen LogP contribution in [-0.2, 0) is 17.5 Å². The van der Waals surface area contributed by atoms with Crippen molar-refractivity contribution in [2.75, 3.05) is 20.2 Å². The summed E-state index contributed by atoms with van der Waals surface area (Å²) in [5, 5.41) is 5.85. The normalized spacial score (nSPS) is 15.4. The number of alkyl halides is 3. The molecule has 0 aliphatic carbocycles. The second kappa shape index (κ2) is 9.87. The fourth-order valence-electron chi connectivity index (χ4n) is 2.89. The molecule has 2 N–H and O–H groups in total. The molecule has 1 aromatic carbocycles. The van der Waals surface area contributed by atoms with E-state index in [4.69, 9.17) is 4.74 Å². The van der Waals surface area contributed by atoms with Crippen LogP contribution in [0.5, 0.6) is 5.75 Å². The number of amides is 1. The second-order valence-corrected chi connectivity index (χ2v) is 6.03. The predicted molar refractivity (Wildman–Crippen MR) is 91.9 cm³/mol. The predicted octanol–water partition coefficient (Wildman–Crippen LogP) is 3.53. The highest BCUT2D eigenvalue weighted by Crippen LogP contribution is 2.34. The Morgan fingerprint density at radius 2 is 2.00 bits per heavy atom. The number of piperidine rings is 1. The third-order valence-corrected chi connectivity index (χ3v) is 4.34. The van der Waals surface area contributed by atoms with Gasteiger partial charge in [-0.2, -0.15) is 13.2 Å². The minimum atomic E-state index is -4.48. The Hall–Kier alpha value is -1.47. The van der Waals surface area contributed by atoms with E-state index in [2.05, 4.69) is 10.6 Å². The second-order valence-electron chi connectivity index (χ2n) is 6.03. The lowest BCUT2D eigenvalue weighted by Crippen LogP contribution is -2.29. The van der Waals surface area contributed by atoms with Crippen LogP contribution in [0.4, 0.5) is 13.2 Å². The molecule has 142 valence electrons. The van der Waals surface area contributed by atoms with Gasteiger partial charge in [0.2, 0.25) is 5.91 Å². The van der Waals surface area contributed by atoms with E-state index < -0.39 is 11.7 Å². The van der Waals surface area contributed by atoms with E-state index in [1.807, 2.05) is 0 Å². The van der Waals surface area contributed by atoms with Crippen molar-refractivity contribution in [2.24, 2.45) is 5.92 Å². The molecule has 1 amide bonds. The van der Waals surface area contributed by atoms with Crippen molar-refractivity contribution in [3.05, 3.63) is 29.3 Å². The molecule has 0 saturated carbocycles. The van der Waals surface area contributed by atoms with Gasteiger partial charge in [0.1, 0.15) is 5.75 Å². The zero-order valence-electron chi connectivity index (χ0n) is 14.1. The van der Waals surface area contributed by atoms with Crippen LogP contribution in [0.25, 0.3) is 0 Å². The van der Waals surface area contributed by atoms with Crippen molar-refractivity contribution < 1.29 is 22.7 Å². The fourth-order valence-corrected chi connectivity index (χ4v) is 2.89. The molecule has 1 saturated heterocycles. The molecule has 0 spiro atoms. The van der Waals surface area contributed by atoms with Gasteiger partial charge in [-0.25, -0.2) is 0 Å². The van der Waals surface area contributed by atoms with Crippen molar-refractivity contribution in [3.63, 3.8) is 0 Å². The zero-order chi connectivity index (χ0) is 17.6. The van der Waals surface area contributed by atoms with Crippen LogP contribution in [0.2, 0.25) is 0 Å². The number of hydrogen-bond acceptors (Lipinski definition) is 3. The first-order valence-corrected chi connectivity index (χ1v) is 8.11. The first-order valence-electron chi connectivity index (χ1n) is 8.11. The van der Waals surface area contributed by atoms with Gasteiger partial charge in [0, 0.05) is 13.0 Å². The summed E-state index contributed by atoms with van der Waals surface area (Å²) in [5.41, 5.74) is -0.737. The summed E-state index contributed by atoms with van der Waals surface area (Å²) in [6.07, 6.45) is -1.26. The largest absolute Gasteiger partial charge is 0.497 e. The van der Waals surface area contributed by atoms with Crippen LogP contribution >= 0.6 is 12.4 Å². The summed E-state index contributed by atoms with van der Waals surface area (Å²) in [6, 6.07) is 3.76. The van der Waals surface area contributed by atoms with Gasteiger partial charge in [0.15, 0.2) is 0 Å². The van der Waals surface area contributed by atoms with Crippen LogP contribution in [0.3, 0.4) is 0 Å². The van der Waals surface area contributed by atoms with Crippen LogP contribution in [0, 0.1) is 5.92 Å². The Morgan fingerprint density at radius 3 is 2.60 bits per heavy atom. The molecule has 0 bridgehead atoms. The molecular formula is C17H24ClF3N2O2. The molecule has 0 unspecified atom stereocenters. The van der Waals surface area contributed by atoms with Gasteiger partial charge >= 0.3 is 6.18 Å². The van der Waals surface area contributed by atoms with Gasteiger partial charge in [-0.05, 0) is 56.0 Å². The Labute approximate surface area is 151 Å². The molecule has 1 aliphatic rings. The molecule has 0 radical (unpaired) electrons. The third-order valence-electron chi connectivity index (χ3n) is 4.34. The topological polar surface area (TPSA) is 50.4 Å². The van der Waals surface area contributed by atoms with E-state index in [1.54, 1.807) is 0 Å². The highest BCUT2D eigenvalue weighted by Gasteiger charge is 2.33. The van der Waals surface area contributed by atoms with E-state index in [0.29, 0.717) is 12.3 Å². The SMILES string of the molecule is COc1ccc(CNC(=O)CCC2CCNCC2)c(C(F)(F)F)c1.Cl. The van der Waals surface area contributed by atoms with Gasteiger partial charge in [0.25, 0.3) is 0 Å². The molecule has 1 aliphatic heterocycles. The number of benzene rings is 1. The van der Waals surface area contributed by atoms with Crippen LogP contribution in [0.1, 0.15) is 36.8 Å². The summed E-state index contributed by atoms with van der Waals surface area (Å²) in [4.78, 5) is 11.9. The maximum atomic E-state index is 13.1. The number of methoxy groups -OCH3 is 1. The monoisotopic (exact) mass is 380 g/mol. The lowest BCUT2D eigenvalue weighted by Gasteiger charge is -2.22. The number of carbonyl (C=O) groups excluding carboxylic acids is 1. The number of ether oxygens (including phenoxy) is 1. The molecule has 1 aromatic rings. The maximum absolute atomic E-state index is 13.1. The summed E-state index contributed by atoms with van der Waals surface area (Å²) < 4.78 is 44.2. The van der Waals surface area contributed by atoms with Crippen molar-refractivity contribution >= 4 is 18.3 Å². The Bertz CT molecular complexity index is 561. The summed E-state index contributed by atoms with van der Waals surface area (Å²) >= 11 is 0. The average molecular weight is 381 g/mol. The van der Waals surface area contributed by atoms with E-state index in [-0.39, 0.29) is 36.2 Å². The van der Waals surface area contributed by atoms with Gasteiger partial charge < -0.3 is 15.4 Å². The third kappa shape index (κ3) is 6.74. The Kier molecular flexibility index (Phi) is 8.52.